The predicted molar refractivity (Wildman–Crippen MR) is 57.5 cm³/mol. The van der Waals surface area contributed by atoms with E-state index in [1.165, 1.54) is 5.46 Å². The number of fused-ring (bicyclic) bond motifs is 1. The standard InChI is InChI=1S/C7H5BN.C3H8O/c1-2-4-7-6(3-1)8-5-9-7;1-3-4-2/h1-5H;3H2,1-2H3. The van der Waals surface area contributed by atoms with Gasteiger partial charge in [-0.1, -0.05) is 23.7 Å². The van der Waals surface area contributed by atoms with E-state index in [0.29, 0.717) is 0 Å². The van der Waals surface area contributed by atoms with Gasteiger partial charge in [0.2, 0.25) is 7.28 Å². The van der Waals surface area contributed by atoms with Crippen molar-refractivity contribution in [1.82, 2.24) is 0 Å². The van der Waals surface area contributed by atoms with Crippen LogP contribution >= 0.6 is 0 Å². The molecule has 0 aliphatic carbocycles. The lowest BCUT2D eigenvalue weighted by atomic mass is 9.74. The molecular weight excluding hydrogens is 161 g/mol. The number of para-hydroxylation sites is 1. The van der Waals surface area contributed by atoms with E-state index in [0.717, 1.165) is 12.3 Å². The molecule has 1 heterocycles. The molecule has 0 unspecified atom stereocenters. The number of hydrogen-bond acceptors (Lipinski definition) is 2. The van der Waals surface area contributed by atoms with Crippen LogP contribution in [0.15, 0.2) is 29.3 Å². The molecule has 2 rings (SSSR count). The summed E-state index contributed by atoms with van der Waals surface area (Å²) >= 11 is 0. The summed E-state index contributed by atoms with van der Waals surface area (Å²) in [5.41, 5.74) is 2.30. The number of ether oxygens (including phenoxy) is 1. The summed E-state index contributed by atoms with van der Waals surface area (Å²) in [4.78, 5) is 4.12. The van der Waals surface area contributed by atoms with Crippen molar-refractivity contribution in [2.45, 2.75) is 6.92 Å². The SMILES string of the molecule is CCOC.[B]1C=Nc2ccccc21. The molecular formula is C10H13BNO. The molecule has 1 aliphatic rings. The maximum atomic E-state index is 4.54. The van der Waals surface area contributed by atoms with Gasteiger partial charge < -0.3 is 4.74 Å². The number of rotatable bonds is 1. The summed E-state index contributed by atoms with van der Waals surface area (Å²) in [6.45, 7) is 2.78. The van der Waals surface area contributed by atoms with Gasteiger partial charge in [0.05, 0.1) is 5.69 Å². The van der Waals surface area contributed by atoms with Gasteiger partial charge in [0.1, 0.15) is 0 Å². The normalized spacial score (nSPS) is 11.2. The Hall–Kier alpha value is -1.09. The van der Waals surface area contributed by atoms with Crippen LogP contribution in [0.4, 0.5) is 5.69 Å². The molecule has 67 valence electrons. The van der Waals surface area contributed by atoms with Crippen LogP contribution in [0.5, 0.6) is 0 Å². The molecule has 0 saturated heterocycles. The summed E-state index contributed by atoms with van der Waals surface area (Å²) in [6.07, 6.45) is 1.82. The Morgan fingerprint density at radius 3 is 2.69 bits per heavy atom. The van der Waals surface area contributed by atoms with Gasteiger partial charge in [0.25, 0.3) is 0 Å². The molecule has 2 nitrogen and oxygen atoms in total. The number of aliphatic imine (C=N–C) groups is 1. The van der Waals surface area contributed by atoms with Crippen LogP contribution in [0.3, 0.4) is 0 Å². The van der Waals surface area contributed by atoms with E-state index < -0.39 is 0 Å². The molecule has 0 N–H and O–H groups in total. The summed E-state index contributed by atoms with van der Waals surface area (Å²) in [6, 6.07) is 8.08. The quantitative estimate of drug-likeness (QED) is 0.588. The average Bonchev–Trinajstić information content (AvgIpc) is 2.66. The summed E-state index contributed by atoms with van der Waals surface area (Å²) in [5, 5.41) is 0. The molecule has 0 fully saturated rings. The Kier molecular flexibility index (Phi) is 4.26. The van der Waals surface area contributed by atoms with Crippen molar-refractivity contribution >= 4 is 24.5 Å². The largest absolute Gasteiger partial charge is 0.385 e. The van der Waals surface area contributed by atoms with Crippen molar-refractivity contribution in [3.05, 3.63) is 24.3 Å². The van der Waals surface area contributed by atoms with Gasteiger partial charge in [-0.05, 0) is 19.1 Å². The second-order valence-electron chi connectivity index (χ2n) is 2.58. The first-order valence-corrected chi connectivity index (χ1v) is 4.34. The fourth-order valence-corrected chi connectivity index (χ4v) is 0.944. The highest BCUT2D eigenvalue weighted by Gasteiger charge is 2.03. The lowest BCUT2D eigenvalue weighted by Gasteiger charge is -1.91. The topological polar surface area (TPSA) is 21.6 Å². The number of methoxy groups -OCH3 is 1. The molecule has 0 bridgehead atoms. The fourth-order valence-electron chi connectivity index (χ4n) is 0.944. The first-order valence-electron chi connectivity index (χ1n) is 4.34. The Morgan fingerprint density at radius 1 is 1.38 bits per heavy atom. The van der Waals surface area contributed by atoms with Crippen molar-refractivity contribution in [1.29, 1.82) is 0 Å². The predicted octanol–water partition coefficient (Wildman–Crippen LogP) is 1.34. The van der Waals surface area contributed by atoms with Crippen LogP contribution in [-0.2, 0) is 4.74 Å². The third kappa shape index (κ3) is 3.03. The van der Waals surface area contributed by atoms with Crippen LogP contribution in [0.25, 0.3) is 0 Å². The molecule has 0 saturated carbocycles. The van der Waals surface area contributed by atoms with Crippen LogP contribution < -0.4 is 5.46 Å². The highest BCUT2D eigenvalue weighted by Crippen LogP contribution is 2.08. The average molecular weight is 174 g/mol. The zero-order chi connectivity index (χ0) is 9.52. The smallest absolute Gasteiger partial charge is 0.209 e. The van der Waals surface area contributed by atoms with E-state index in [1.807, 2.05) is 38.5 Å². The van der Waals surface area contributed by atoms with Gasteiger partial charge in [0, 0.05) is 13.7 Å². The van der Waals surface area contributed by atoms with Crippen LogP contribution in [-0.4, -0.2) is 27.1 Å². The Bertz CT molecular complexity index is 284. The monoisotopic (exact) mass is 174 g/mol. The minimum absolute atomic E-state index is 0.819. The molecule has 1 aromatic rings. The van der Waals surface area contributed by atoms with Gasteiger partial charge in [0.15, 0.2) is 0 Å². The van der Waals surface area contributed by atoms with Gasteiger partial charge in [-0.3, -0.25) is 4.99 Å². The Labute approximate surface area is 79.9 Å². The third-order valence-corrected chi connectivity index (χ3v) is 1.69. The fraction of sp³-hybridized carbons (Fsp3) is 0.300. The molecule has 1 aromatic carbocycles. The highest BCUT2D eigenvalue weighted by atomic mass is 16.5. The Morgan fingerprint density at radius 2 is 2.08 bits per heavy atom. The van der Waals surface area contributed by atoms with Crippen molar-refractivity contribution in [2.24, 2.45) is 4.99 Å². The van der Waals surface area contributed by atoms with E-state index in [9.17, 15) is 0 Å². The molecule has 0 spiro atoms. The van der Waals surface area contributed by atoms with Crippen LogP contribution in [0.1, 0.15) is 6.92 Å². The minimum atomic E-state index is 0.819. The van der Waals surface area contributed by atoms with Gasteiger partial charge >= 0.3 is 0 Å². The summed E-state index contributed by atoms with van der Waals surface area (Å²) in [5.74, 6) is 0. The maximum Gasteiger partial charge on any atom is 0.209 e. The number of hydrogen-bond donors (Lipinski definition) is 0. The zero-order valence-corrected chi connectivity index (χ0v) is 8.03. The van der Waals surface area contributed by atoms with Crippen molar-refractivity contribution < 1.29 is 4.74 Å². The van der Waals surface area contributed by atoms with Crippen LogP contribution in [0.2, 0.25) is 0 Å². The lowest BCUT2D eigenvalue weighted by Crippen LogP contribution is -2.09. The van der Waals surface area contributed by atoms with Gasteiger partial charge in [-0.25, -0.2) is 0 Å². The maximum absolute atomic E-state index is 4.54. The molecule has 0 amide bonds. The van der Waals surface area contributed by atoms with Gasteiger partial charge in [-0.15, -0.1) is 0 Å². The van der Waals surface area contributed by atoms with E-state index in [2.05, 4.69) is 15.8 Å². The van der Waals surface area contributed by atoms with E-state index in [-0.39, 0.29) is 0 Å². The molecule has 13 heavy (non-hydrogen) atoms. The number of benzene rings is 1. The highest BCUT2D eigenvalue weighted by molar-refractivity contribution is 6.82. The second-order valence-corrected chi connectivity index (χ2v) is 2.58. The summed E-state index contributed by atoms with van der Waals surface area (Å²) in [7, 11) is 3.69. The van der Waals surface area contributed by atoms with E-state index in [4.69, 9.17) is 0 Å². The molecule has 1 radical (unpaired) electrons. The first-order chi connectivity index (χ1) is 6.38. The molecule has 0 aromatic heterocycles. The lowest BCUT2D eigenvalue weighted by molar-refractivity contribution is 0.215. The van der Waals surface area contributed by atoms with Crippen molar-refractivity contribution in [3.8, 4) is 0 Å². The molecule has 0 atom stereocenters. The first kappa shape index (κ1) is 10.00. The van der Waals surface area contributed by atoms with Crippen molar-refractivity contribution in [2.75, 3.05) is 13.7 Å². The second kappa shape index (κ2) is 5.54. The zero-order valence-electron chi connectivity index (χ0n) is 8.03. The number of nitrogens with zero attached hydrogens (tertiary/aromatic N) is 1. The molecule has 3 heteroatoms. The van der Waals surface area contributed by atoms with Crippen LogP contribution in [0, 0.1) is 0 Å². The van der Waals surface area contributed by atoms with E-state index >= 15 is 0 Å². The van der Waals surface area contributed by atoms with Gasteiger partial charge in [-0.2, -0.15) is 0 Å². The summed E-state index contributed by atoms with van der Waals surface area (Å²) < 4.78 is 4.54. The van der Waals surface area contributed by atoms with E-state index in [1.54, 1.807) is 7.11 Å². The minimum Gasteiger partial charge on any atom is -0.385 e. The third-order valence-electron chi connectivity index (χ3n) is 1.69. The Balaban J connectivity index is 0.000000184. The van der Waals surface area contributed by atoms with Crippen molar-refractivity contribution in [3.63, 3.8) is 0 Å². The molecule has 1 aliphatic heterocycles.